The van der Waals surface area contributed by atoms with Crippen LogP contribution < -0.4 is 0 Å². The summed E-state index contributed by atoms with van der Waals surface area (Å²) in [6.45, 7) is 2.73. The first-order chi connectivity index (χ1) is 5.20. The third kappa shape index (κ3) is 2.50. The molecule has 0 aromatic rings. The summed E-state index contributed by atoms with van der Waals surface area (Å²) in [7, 11) is 0. The summed E-state index contributed by atoms with van der Waals surface area (Å²) < 4.78 is 5.35. The van der Waals surface area contributed by atoms with Crippen LogP contribution in [-0.2, 0) is 9.53 Å². The van der Waals surface area contributed by atoms with Crippen molar-refractivity contribution in [1.82, 2.24) is 0 Å². The Balaban J connectivity index is 2.28. The topological polar surface area (TPSA) is 46.5 Å². The highest BCUT2D eigenvalue weighted by Crippen LogP contribution is 2.22. The van der Waals surface area contributed by atoms with Crippen LogP contribution in [0.3, 0.4) is 0 Å². The summed E-state index contributed by atoms with van der Waals surface area (Å²) >= 11 is 0. The minimum absolute atomic E-state index is 0.162. The van der Waals surface area contributed by atoms with E-state index >= 15 is 0 Å². The van der Waals surface area contributed by atoms with E-state index in [-0.39, 0.29) is 18.4 Å². The minimum atomic E-state index is -0.729. The molecule has 0 bridgehead atoms. The SMILES string of the molecule is C[C@H](CC(=O)O)[C@@H]1CCCO1. The van der Waals surface area contributed by atoms with Gasteiger partial charge in [0.2, 0.25) is 0 Å². The molecule has 0 aromatic carbocycles. The fourth-order valence-electron chi connectivity index (χ4n) is 1.46. The molecule has 0 saturated carbocycles. The number of carbonyl (C=O) groups is 1. The maximum atomic E-state index is 10.3. The average Bonchev–Trinajstić information content (AvgIpc) is 2.35. The van der Waals surface area contributed by atoms with E-state index in [2.05, 4.69) is 0 Å². The molecule has 0 unspecified atom stereocenters. The number of hydrogen-bond acceptors (Lipinski definition) is 2. The zero-order chi connectivity index (χ0) is 8.27. The highest BCUT2D eigenvalue weighted by atomic mass is 16.5. The second-order valence-electron chi connectivity index (χ2n) is 3.13. The standard InChI is InChI=1S/C8H14O3/c1-6(5-8(9)10)7-3-2-4-11-7/h6-7H,2-5H2,1H3,(H,9,10)/t6-,7+/m1/s1. The first-order valence-electron chi connectivity index (χ1n) is 4.03. The van der Waals surface area contributed by atoms with Crippen molar-refractivity contribution >= 4 is 5.97 Å². The van der Waals surface area contributed by atoms with Gasteiger partial charge < -0.3 is 9.84 Å². The first-order valence-corrected chi connectivity index (χ1v) is 4.03. The molecule has 0 radical (unpaired) electrons. The van der Waals surface area contributed by atoms with Crippen molar-refractivity contribution in [1.29, 1.82) is 0 Å². The van der Waals surface area contributed by atoms with E-state index < -0.39 is 5.97 Å². The van der Waals surface area contributed by atoms with Gasteiger partial charge >= 0.3 is 5.97 Å². The molecular weight excluding hydrogens is 144 g/mol. The van der Waals surface area contributed by atoms with Crippen LogP contribution >= 0.6 is 0 Å². The first kappa shape index (κ1) is 8.53. The molecule has 0 spiro atoms. The average molecular weight is 158 g/mol. The van der Waals surface area contributed by atoms with Crippen molar-refractivity contribution in [3.8, 4) is 0 Å². The third-order valence-corrected chi connectivity index (χ3v) is 2.10. The van der Waals surface area contributed by atoms with Gasteiger partial charge in [-0.15, -0.1) is 0 Å². The van der Waals surface area contributed by atoms with Gasteiger partial charge in [0.1, 0.15) is 0 Å². The van der Waals surface area contributed by atoms with Crippen molar-refractivity contribution in [3.05, 3.63) is 0 Å². The molecule has 1 aliphatic heterocycles. The lowest BCUT2D eigenvalue weighted by Crippen LogP contribution is -2.19. The molecule has 1 aliphatic rings. The summed E-state index contributed by atoms with van der Waals surface area (Å²) in [4.78, 5) is 10.3. The highest BCUT2D eigenvalue weighted by molar-refractivity contribution is 5.67. The maximum Gasteiger partial charge on any atom is 0.303 e. The van der Waals surface area contributed by atoms with Crippen molar-refractivity contribution in [2.75, 3.05) is 6.61 Å². The van der Waals surface area contributed by atoms with Crippen LogP contribution in [0.5, 0.6) is 0 Å². The van der Waals surface area contributed by atoms with Crippen LogP contribution in [0.4, 0.5) is 0 Å². The van der Waals surface area contributed by atoms with E-state index in [9.17, 15) is 4.79 Å². The number of aliphatic carboxylic acids is 1. The Kier molecular flexibility index (Phi) is 2.88. The van der Waals surface area contributed by atoms with Crippen LogP contribution in [0.1, 0.15) is 26.2 Å². The predicted molar refractivity (Wildman–Crippen MR) is 40.4 cm³/mol. The maximum absolute atomic E-state index is 10.3. The van der Waals surface area contributed by atoms with Crippen molar-refractivity contribution in [3.63, 3.8) is 0 Å². The van der Waals surface area contributed by atoms with E-state index in [1.54, 1.807) is 0 Å². The largest absolute Gasteiger partial charge is 0.481 e. The van der Waals surface area contributed by atoms with E-state index in [0.29, 0.717) is 0 Å². The highest BCUT2D eigenvalue weighted by Gasteiger charge is 2.23. The smallest absolute Gasteiger partial charge is 0.303 e. The summed E-state index contributed by atoms with van der Waals surface area (Å²) in [5.74, 6) is -0.567. The van der Waals surface area contributed by atoms with Crippen LogP contribution in [0.2, 0.25) is 0 Å². The quantitative estimate of drug-likeness (QED) is 0.673. The monoisotopic (exact) mass is 158 g/mol. The van der Waals surface area contributed by atoms with Gasteiger partial charge in [0.15, 0.2) is 0 Å². The zero-order valence-electron chi connectivity index (χ0n) is 6.75. The van der Waals surface area contributed by atoms with Gasteiger partial charge in [-0.05, 0) is 18.8 Å². The number of hydrogen-bond donors (Lipinski definition) is 1. The van der Waals surface area contributed by atoms with Crippen LogP contribution in [0.25, 0.3) is 0 Å². The summed E-state index contributed by atoms with van der Waals surface area (Å²) in [5.41, 5.74) is 0. The normalized spacial score (nSPS) is 26.8. The lowest BCUT2D eigenvalue weighted by molar-refractivity contribution is -0.139. The van der Waals surface area contributed by atoms with E-state index in [1.807, 2.05) is 6.92 Å². The van der Waals surface area contributed by atoms with Crippen LogP contribution in [0.15, 0.2) is 0 Å². The van der Waals surface area contributed by atoms with E-state index in [0.717, 1.165) is 19.4 Å². The molecule has 0 amide bonds. The molecule has 0 aromatic heterocycles. The Labute approximate surface area is 66.4 Å². The Morgan fingerprint density at radius 3 is 3.00 bits per heavy atom. The molecule has 64 valence electrons. The van der Waals surface area contributed by atoms with Gasteiger partial charge in [-0.1, -0.05) is 6.92 Å². The Morgan fingerprint density at radius 2 is 2.55 bits per heavy atom. The fraction of sp³-hybridized carbons (Fsp3) is 0.875. The third-order valence-electron chi connectivity index (χ3n) is 2.10. The molecule has 1 heterocycles. The Bertz CT molecular complexity index is 138. The lowest BCUT2D eigenvalue weighted by atomic mass is 9.99. The number of ether oxygens (including phenoxy) is 1. The molecule has 11 heavy (non-hydrogen) atoms. The van der Waals surface area contributed by atoms with E-state index in [4.69, 9.17) is 9.84 Å². The molecule has 1 rings (SSSR count). The molecule has 1 saturated heterocycles. The van der Waals surface area contributed by atoms with Gasteiger partial charge in [-0.3, -0.25) is 4.79 Å². The minimum Gasteiger partial charge on any atom is -0.481 e. The Hall–Kier alpha value is -0.570. The van der Waals surface area contributed by atoms with Gasteiger partial charge in [-0.2, -0.15) is 0 Å². The Morgan fingerprint density at radius 1 is 1.82 bits per heavy atom. The van der Waals surface area contributed by atoms with Gasteiger partial charge in [0, 0.05) is 6.61 Å². The number of carboxylic acid groups (broad SMARTS) is 1. The van der Waals surface area contributed by atoms with E-state index in [1.165, 1.54) is 0 Å². The molecule has 1 fully saturated rings. The molecule has 3 nitrogen and oxygen atoms in total. The van der Waals surface area contributed by atoms with Gasteiger partial charge in [-0.25, -0.2) is 0 Å². The molecule has 0 aliphatic carbocycles. The number of rotatable bonds is 3. The summed E-state index contributed by atoms with van der Waals surface area (Å²) in [6.07, 6.45) is 2.51. The fourth-order valence-corrected chi connectivity index (χ4v) is 1.46. The van der Waals surface area contributed by atoms with Crippen molar-refractivity contribution < 1.29 is 14.6 Å². The van der Waals surface area contributed by atoms with Crippen molar-refractivity contribution in [2.24, 2.45) is 5.92 Å². The predicted octanol–water partition coefficient (Wildman–Crippen LogP) is 1.28. The second kappa shape index (κ2) is 3.72. The van der Waals surface area contributed by atoms with Gasteiger partial charge in [0.25, 0.3) is 0 Å². The van der Waals surface area contributed by atoms with Crippen molar-refractivity contribution in [2.45, 2.75) is 32.3 Å². The van der Waals surface area contributed by atoms with Crippen LogP contribution in [-0.4, -0.2) is 23.8 Å². The molecular formula is C8H14O3. The lowest BCUT2D eigenvalue weighted by Gasteiger charge is -2.15. The number of carboxylic acids is 1. The molecule has 1 N–H and O–H groups in total. The zero-order valence-corrected chi connectivity index (χ0v) is 6.75. The summed E-state index contributed by atoms with van der Waals surface area (Å²) in [6, 6.07) is 0. The van der Waals surface area contributed by atoms with Gasteiger partial charge in [0.05, 0.1) is 12.5 Å². The molecule has 2 atom stereocenters. The second-order valence-corrected chi connectivity index (χ2v) is 3.13. The summed E-state index contributed by atoms with van der Waals surface area (Å²) in [5, 5.41) is 8.49. The molecule has 3 heteroatoms. The van der Waals surface area contributed by atoms with Crippen LogP contribution in [0, 0.1) is 5.92 Å².